The minimum atomic E-state index is -3.93. The van der Waals surface area contributed by atoms with E-state index in [1.165, 1.54) is 4.31 Å². The number of nitrogens with one attached hydrogen (secondary N) is 1. The number of hydrogen-bond donors (Lipinski definition) is 1. The summed E-state index contributed by atoms with van der Waals surface area (Å²) >= 11 is 3.44. The van der Waals surface area contributed by atoms with Gasteiger partial charge in [-0.1, -0.05) is 35.0 Å². The monoisotopic (exact) mass is 591 g/mol. The number of benzene rings is 2. The van der Waals surface area contributed by atoms with Crippen LogP contribution in [0.4, 0.5) is 5.69 Å². The number of halogens is 1. The van der Waals surface area contributed by atoms with E-state index in [4.69, 9.17) is 9.47 Å². The predicted octanol–water partition coefficient (Wildman–Crippen LogP) is 3.11. The number of carbonyl (C=O) groups is 2. The van der Waals surface area contributed by atoms with E-state index in [1.807, 2.05) is 30.3 Å². The Kier molecular flexibility index (Phi) is 7.46. The Hall–Kier alpha value is -2.63. The van der Waals surface area contributed by atoms with Crippen LogP contribution in [0.5, 0.6) is 11.5 Å². The molecular weight excluding hydrogens is 562 g/mol. The van der Waals surface area contributed by atoms with Crippen molar-refractivity contribution in [1.82, 2.24) is 9.62 Å². The molecule has 1 N–H and O–H groups in total. The highest BCUT2D eigenvalue weighted by atomic mass is 79.9. The van der Waals surface area contributed by atoms with E-state index >= 15 is 0 Å². The van der Waals surface area contributed by atoms with Gasteiger partial charge in [0.05, 0.1) is 18.2 Å². The number of ether oxygens (including phenoxy) is 2. The topological polar surface area (TPSA) is 105 Å². The van der Waals surface area contributed by atoms with Crippen molar-refractivity contribution < 1.29 is 27.5 Å². The van der Waals surface area contributed by atoms with Crippen molar-refractivity contribution in [1.29, 1.82) is 0 Å². The molecule has 9 nitrogen and oxygen atoms in total. The maximum absolute atomic E-state index is 13.8. The Morgan fingerprint density at radius 1 is 1.16 bits per heavy atom. The lowest BCUT2D eigenvalue weighted by Gasteiger charge is -2.33. The molecule has 1 saturated heterocycles. The Balaban J connectivity index is 1.28. The zero-order chi connectivity index (χ0) is 26.2. The third kappa shape index (κ3) is 5.21. The highest BCUT2D eigenvalue weighted by Crippen LogP contribution is 2.40. The molecule has 2 atom stereocenters. The van der Waals surface area contributed by atoms with Gasteiger partial charge >= 0.3 is 0 Å². The Bertz CT molecular complexity index is 1320. The minimum Gasteiger partial charge on any atom is -0.486 e. The van der Waals surface area contributed by atoms with Crippen LogP contribution in [-0.2, 0) is 26.0 Å². The van der Waals surface area contributed by atoms with E-state index in [2.05, 4.69) is 21.2 Å². The van der Waals surface area contributed by atoms with Crippen molar-refractivity contribution in [3.63, 3.8) is 0 Å². The number of amides is 2. The van der Waals surface area contributed by atoms with Crippen LogP contribution in [0.25, 0.3) is 0 Å². The van der Waals surface area contributed by atoms with Crippen LogP contribution in [0, 0.1) is 5.92 Å². The van der Waals surface area contributed by atoms with Gasteiger partial charge in [0.15, 0.2) is 11.5 Å². The van der Waals surface area contributed by atoms with Crippen molar-refractivity contribution >= 4 is 43.5 Å². The number of fused-ring (bicyclic) bond motifs is 2. The van der Waals surface area contributed by atoms with Gasteiger partial charge < -0.3 is 19.7 Å². The van der Waals surface area contributed by atoms with Crippen LogP contribution < -0.4 is 19.7 Å². The molecule has 37 heavy (non-hydrogen) atoms. The van der Waals surface area contributed by atoms with Gasteiger partial charge in [0.1, 0.15) is 17.6 Å². The summed E-state index contributed by atoms with van der Waals surface area (Å²) in [6.07, 6.45) is 1.74. The number of hydrogen-bond acceptors (Lipinski definition) is 6. The average molecular weight is 593 g/mol. The molecule has 5 rings (SSSR count). The first-order valence-electron chi connectivity index (χ1n) is 12.6. The summed E-state index contributed by atoms with van der Waals surface area (Å²) in [7, 11) is -3.93. The van der Waals surface area contributed by atoms with Gasteiger partial charge in [0.25, 0.3) is 0 Å². The second-order valence-electron chi connectivity index (χ2n) is 9.51. The molecule has 0 radical (unpaired) electrons. The van der Waals surface area contributed by atoms with Crippen molar-refractivity contribution in [2.24, 2.45) is 5.92 Å². The summed E-state index contributed by atoms with van der Waals surface area (Å²) in [6, 6.07) is 10.8. The summed E-state index contributed by atoms with van der Waals surface area (Å²) in [5.74, 6) is 0.528. The fraction of sp³-hybridized carbons (Fsp3) is 0.462. The Morgan fingerprint density at radius 2 is 1.95 bits per heavy atom. The van der Waals surface area contributed by atoms with Gasteiger partial charge in [-0.3, -0.25) is 9.59 Å². The first-order valence-corrected chi connectivity index (χ1v) is 14.8. The van der Waals surface area contributed by atoms with E-state index in [1.54, 1.807) is 17.9 Å². The molecule has 0 aromatic heterocycles. The van der Waals surface area contributed by atoms with Crippen molar-refractivity contribution in [2.45, 2.75) is 43.6 Å². The zero-order valence-corrected chi connectivity index (χ0v) is 23.0. The largest absolute Gasteiger partial charge is 0.486 e. The number of carbonyl (C=O) groups excluding carboxylic acids is 2. The van der Waals surface area contributed by atoms with Gasteiger partial charge in [-0.05, 0) is 49.1 Å². The molecule has 3 aliphatic rings. The Morgan fingerprint density at radius 3 is 2.73 bits per heavy atom. The van der Waals surface area contributed by atoms with Crippen LogP contribution in [-0.4, -0.2) is 63.4 Å². The van der Waals surface area contributed by atoms with Gasteiger partial charge in [0.2, 0.25) is 21.8 Å². The number of nitrogens with zero attached hydrogens (tertiary/aromatic N) is 2. The molecule has 0 bridgehead atoms. The second kappa shape index (κ2) is 10.6. The molecule has 3 heterocycles. The van der Waals surface area contributed by atoms with Gasteiger partial charge in [0, 0.05) is 30.5 Å². The summed E-state index contributed by atoms with van der Waals surface area (Å²) in [4.78, 5) is 27.3. The molecule has 2 amide bonds. The van der Waals surface area contributed by atoms with Crippen LogP contribution in [0.3, 0.4) is 0 Å². The highest BCUT2D eigenvalue weighted by Gasteiger charge is 2.38. The minimum absolute atomic E-state index is 0.0854. The lowest BCUT2D eigenvalue weighted by atomic mass is 9.99. The Labute approximate surface area is 225 Å². The van der Waals surface area contributed by atoms with E-state index < -0.39 is 15.9 Å². The molecule has 0 aliphatic carbocycles. The quantitative estimate of drug-likeness (QED) is 0.553. The SMILES string of the molecule is CCC(=O)N1CCc2cc(Br)cc(S(=O)(=O)N3CCC[C@@H](C(=O)NC[C@@H]4COc5ccccc5O4)C3)c21. The molecule has 2 aromatic rings. The van der Waals surface area contributed by atoms with E-state index in [0.717, 1.165) is 5.56 Å². The smallest absolute Gasteiger partial charge is 0.245 e. The van der Waals surface area contributed by atoms with Crippen LogP contribution >= 0.6 is 15.9 Å². The highest BCUT2D eigenvalue weighted by molar-refractivity contribution is 9.10. The molecule has 11 heteroatoms. The number of anilines is 1. The van der Waals surface area contributed by atoms with Crippen LogP contribution in [0.1, 0.15) is 31.7 Å². The third-order valence-electron chi connectivity index (χ3n) is 7.04. The number of rotatable bonds is 6. The first kappa shape index (κ1) is 26.0. The lowest BCUT2D eigenvalue weighted by Crippen LogP contribution is -2.48. The average Bonchev–Trinajstić information content (AvgIpc) is 3.34. The fourth-order valence-electron chi connectivity index (χ4n) is 5.14. The first-order chi connectivity index (χ1) is 17.8. The molecule has 2 aromatic carbocycles. The normalized spacial score (nSPS) is 21.4. The molecular formula is C26H30BrN3O6S. The van der Waals surface area contributed by atoms with E-state index in [-0.39, 0.29) is 35.9 Å². The van der Waals surface area contributed by atoms with Gasteiger partial charge in [-0.15, -0.1) is 0 Å². The van der Waals surface area contributed by atoms with Crippen LogP contribution in [0.15, 0.2) is 45.8 Å². The maximum atomic E-state index is 13.8. The number of para-hydroxylation sites is 2. The molecule has 0 saturated carbocycles. The number of sulfonamides is 1. The van der Waals surface area contributed by atoms with E-state index in [9.17, 15) is 18.0 Å². The maximum Gasteiger partial charge on any atom is 0.245 e. The van der Waals surface area contributed by atoms with Crippen molar-refractivity contribution in [2.75, 3.05) is 37.7 Å². The summed E-state index contributed by atoms with van der Waals surface area (Å²) in [6.45, 7) is 3.23. The molecule has 3 aliphatic heterocycles. The van der Waals surface area contributed by atoms with Gasteiger partial charge in [-0.2, -0.15) is 4.31 Å². The van der Waals surface area contributed by atoms with Crippen molar-refractivity contribution in [3.05, 3.63) is 46.4 Å². The number of piperidine rings is 1. The summed E-state index contributed by atoms with van der Waals surface area (Å²) in [5, 5.41) is 2.92. The molecule has 1 fully saturated rings. The summed E-state index contributed by atoms with van der Waals surface area (Å²) in [5.41, 5.74) is 1.30. The van der Waals surface area contributed by atoms with Gasteiger partial charge in [-0.25, -0.2) is 8.42 Å². The standard InChI is InChI=1S/C26H30BrN3O6S/c1-2-24(31)30-11-9-17-12-19(27)13-23(25(17)30)37(33,34)29-10-5-6-18(15-29)26(32)28-14-20-16-35-21-7-3-4-8-22(21)36-20/h3-4,7-8,12-13,18,20H,2,5-6,9-11,14-16H2,1H3,(H,28,32)/t18-,20-/m1/s1. The summed E-state index contributed by atoms with van der Waals surface area (Å²) < 4.78 is 41.3. The zero-order valence-electron chi connectivity index (χ0n) is 20.6. The second-order valence-corrected chi connectivity index (χ2v) is 12.3. The fourth-order valence-corrected chi connectivity index (χ4v) is 7.58. The van der Waals surface area contributed by atoms with Crippen molar-refractivity contribution in [3.8, 4) is 11.5 Å². The predicted molar refractivity (Wildman–Crippen MR) is 141 cm³/mol. The molecule has 0 unspecified atom stereocenters. The molecule has 198 valence electrons. The van der Waals surface area contributed by atoms with E-state index in [0.29, 0.717) is 67.0 Å². The molecule has 0 spiro atoms. The van der Waals surface area contributed by atoms with Crippen LogP contribution in [0.2, 0.25) is 0 Å². The third-order valence-corrected chi connectivity index (χ3v) is 9.38. The lowest BCUT2D eigenvalue weighted by molar-refractivity contribution is -0.126.